The molecule has 9 heteroatoms. The Bertz CT molecular complexity index is 550. The van der Waals surface area contributed by atoms with Crippen LogP contribution in [0.1, 0.15) is 54.4 Å². The van der Waals surface area contributed by atoms with Crippen molar-refractivity contribution in [3.63, 3.8) is 0 Å². The molecule has 0 saturated heterocycles. The number of nitrogens with one attached hydrogen (secondary N) is 3. The second kappa shape index (κ2) is 12.3. The highest BCUT2D eigenvalue weighted by Crippen LogP contribution is 2.10. The summed E-state index contributed by atoms with van der Waals surface area (Å²) in [6.07, 6.45) is 1.08. The summed E-state index contributed by atoms with van der Waals surface area (Å²) in [6.45, 7) is 10.6. The molecule has 4 unspecified atom stereocenters. The van der Waals surface area contributed by atoms with Gasteiger partial charge in [0.05, 0.1) is 12.6 Å². The van der Waals surface area contributed by atoms with Gasteiger partial charge in [0, 0.05) is 0 Å². The summed E-state index contributed by atoms with van der Waals surface area (Å²) >= 11 is 0. The van der Waals surface area contributed by atoms with Gasteiger partial charge in [-0.1, -0.05) is 48.0 Å². The molecule has 162 valence electrons. The molecule has 0 bridgehead atoms. The Hall–Kier alpha value is -2.16. The third kappa shape index (κ3) is 9.16. The molecule has 0 heterocycles. The standard InChI is InChI=1S/C19H36N4O5/c1-7-12(6)16(19(27)28)23-18(26)15(11(4)5)22-14(24)9-21-17(25)13(20)8-10(2)3/h10-13,15-16H,7-9,20H2,1-6H3,(H,21,25)(H,22,24)(H,23,26)(H,27,28). The molecule has 0 aliphatic heterocycles. The summed E-state index contributed by atoms with van der Waals surface area (Å²) in [5, 5.41) is 16.8. The van der Waals surface area contributed by atoms with E-state index in [1.54, 1.807) is 20.8 Å². The Balaban J connectivity index is 4.84. The van der Waals surface area contributed by atoms with E-state index < -0.39 is 41.8 Å². The largest absolute Gasteiger partial charge is 0.480 e. The van der Waals surface area contributed by atoms with Crippen molar-refractivity contribution in [3.05, 3.63) is 0 Å². The SMILES string of the molecule is CCC(C)C(NC(=O)C(NC(=O)CNC(=O)C(N)CC(C)C)C(C)C)C(=O)O. The Morgan fingerprint density at radius 2 is 1.50 bits per heavy atom. The molecule has 0 aliphatic carbocycles. The molecule has 0 saturated carbocycles. The van der Waals surface area contributed by atoms with Gasteiger partial charge in [-0.3, -0.25) is 14.4 Å². The van der Waals surface area contributed by atoms with Gasteiger partial charge in [-0.2, -0.15) is 0 Å². The van der Waals surface area contributed by atoms with Crippen molar-refractivity contribution in [2.45, 2.75) is 72.5 Å². The Morgan fingerprint density at radius 3 is 1.93 bits per heavy atom. The van der Waals surface area contributed by atoms with Crippen molar-refractivity contribution < 1.29 is 24.3 Å². The van der Waals surface area contributed by atoms with E-state index in [1.807, 2.05) is 20.8 Å². The lowest BCUT2D eigenvalue weighted by atomic mass is 9.97. The summed E-state index contributed by atoms with van der Waals surface area (Å²) in [4.78, 5) is 48.0. The van der Waals surface area contributed by atoms with Crippen molar-refractivity contribution in [2.24, 2.45) is 23.5 Å². The number of nitrogens with two attached hydrogens (primary N) is 1. The molecule has 3 amide bonds. The lowest BCUT2D eigenvalue weighted by molar-refractivity contribution is -0.144. The molecule has 0 aromatic rings. The van der Waals surface area contributed by atoms with Crippen LogP contribution in [0.3, 0.4) is 0 Å². The summed E-state index contributed by atoms with van der Waals surface area (Å²) in [7, 11) is 0. The summed E-state index contributed by atoms with van der Waals surface area (Å²) in [6, 6.07) is -2.66. The predicted molar refractivity (Wildman–Crippen MR) is 106 cm³/mol. The van der Waals surface area contributed by atoms with E-state index in [2.05, 4.69) is 16.0 Å². The topological polar surface area (TPSA) is 151 Å². The molecular weight excluding hydrogens is 364 g/mol. The van der Waals surface area contributed by atoms with Crippen LogP contribution in [0.15, 0.2) is 0 Å². The number of hydrogen-bond acceptors (Lipinski definition) is 5. The number of amides is 3. The van der Waals surface area contributed by atoms with E-state index in [0.717, 1.165) is 0 Å². The first-order valence-electron chi connectivity index (χ1n) is 9.76. The van der Waals surface area contributed by atoms with Crippen molar-refractivity contribution in [3.8, 4) is 0 Å². The first-order chi connectivity index (χ1) is 12.9. The zero-order valence-electron chi connectivity index (χ0n) is 17.7. The maximum atomic E-state index is 12.5. The average Bonchev–Trinajstić information content (AvgIpc) is 2.59. The van der Waals surface area contributed by atoms with E-state index in [0.29, 0.717) is 12.8 Å². The van der Waals surface area contributed by atoms with Crippen LogP contribution in [0.2, 0.25) is 0 Å². The highest BCUT2D eigenvalue weighted by atomic mass is 16.4. The third-order valence-corrected chi connectivity index (χ3v) is 4.53. The lowest BCUT2D eigenvalue weighted by Crippen LogP contribution is -2.56. The van der Waals surface area contributed by atoms with Crippen LogP contribution in [0.5, 0.6) is 0 Å². The van der Waals surface area contributed by atoms with Gasteiger partial charge in [-0.15, -0.1) is 0 Å². The normalized spacial score (nSPS) is 15.5. The molecule has 0 aliphatic rings. The van der Waals surface area contributed by atoms with Crippen LogP contribution in [-0.2, 0) is 19.2 Å². The minimum absolute atomic E-state index is 0.247. The first-order valence-corrected chi connectivity index (χ1v) is 9.76. The molecule has 9 nitrogen and oxygen atoms in total. The zero-order chi connectivity index (χ0) is 22.0. The summed E-state index contributed by atoms with van der Waals surface area (Å²) in [5.41, 5.74) is 5.76. The van der Waals surface area contributed by atoms with Crippen molar-refractivity contribution in [2.75, 3.05) is 6.54 Å². The summed E-state index contributed by atoms with van der Waals surface area (Å²) < 4.78 is 0. The van der Waals surface area contributed by atoms with Gasteiger partial charge in [0.25, 0.3) is 0 Å². The Morgan fingerprint density at radius 1 is 0.929 bits per heavy atom. The number of aliphatic carboxylic acids is 1. The van der Waals surface area contributed by atoms with E-state index >= 15 is 0 Å². The molecule has 0 spiro atoms. The van der Waals surface area contributed by atoms with Gasteiger partial charge in [0.2, 0.25) is 17.7 Å². The van der Waals surface area contributed by atoms with Crippen LogP contribution < -0.4 is 21.7 Å². The number of carbonyl (C=O) groups excluding carboxylic acids is 3. The first kappa shape index (κ1) is 25.8. The number of carbonyl (C=O) groups is 4. The molecule has 4 atom stereocenters. The highest BCUT2D eigenvalue weighted by Gasteiger charge is 2.31. The maximum Gasteiger partial charge on any atom is 0.326 e. The molecule has 0 aromatic heterocycles. The van der Waals surface area contributed by atoms with Crippen molar-refractivity contribution >= 4 is 23.7 Å². The van der Waals surface area contributed by atoms with E-state index in [9.17, 15) is 24.3 Å². The maximum absolute atomic E-state index is 12.5. The van der Waals surface area contributed by atoms with E-state index in [-0.39, 0.29) is 24.3 Å². The number of hydrogen-bond donors (Lipinski definition) is 5. The minimum atomic E-state index is -1.12. The van der Waals surface area contributed by atoms with E-state index in [4.69, 9.17) is 5.73 Å². The van der Waals surface area contributed by atoms with Crippen LogP contribution in [0.4, 0.5) is 0 Å². The fourth-order valence-corrected chi connectivity index (χ4v) is 2.60. The van der Waals surface area contributed by atoms with Crippen LogP contribution in [-0.4, -0.2) is 53.5 Å². The van der Waals surface area contributed by atoms with Gasteiger partial charge < -0.3 is 26.8 Å². The lowest BCUT2D eigenvalue weighted by Gasteiger charge is -2.26. The molecule has 28 heavy (non-hydrogen) atoms. The third-order valence-electron chi connectivity index (χ3n) is 4.53. The average molecular weight is 401 g/mol. The molecule has 0 fully saturated rings. The Kier molecular flexibility index (Phi) is 11.4. The molecule has 0 rings (SSSR count). The minimum Gasteiger partial charge on any atom is -0.480 e. The number of carboxylic acid groups (broad SMARTS) is 1. The zero-order valence-corrected chi connectivity index (χ0v) is 17.7. The summed E-state index contributed by atoms with van der Waals surface area (Å²) in [5.74, 6) is -2.95. The van der Waals surface area contributed by atoms with E-state index in [1.165, 1.54) is 0 Å². The quantitative estimate of drug-likeness (QED) is 0.316. The van der Waals surface area contributed by atoms with Crippen LogP contribution in [0.25, 0.3) is 0 Å². The van der Waals surface area contributed by atoms with Crippen LogP contribution >= 0.6 is 0 Å². The second-order valence-corrected chi connectivity index (χ2v) is 7.95. The van der Waals surface area contributed by atoms with Gasteiger partial charge in [-0.05, 0) is 24.2 Å². The number of carboxylic acids is 1. The fourth-order valence-electron chi connectivity index (χ4n) is 2.60. The molecule has 0 radical (unpaired) electrons. The second-order valence-electron chi connectivity index (χ2n) is 7.95. The van der Waals surface area contributed by atoms with Crippen molar-refractivity contribution in [1.29, 1.82) is 0 Å². The Labute approximate surface area is 167 Å². The predicted octanol–water partition coefficient (Wildman–Crippen LogP) is 0.232. The van der Waals surface area contributed by atoms with Crippen molar-refractivity contribution in [1.82, 2.24) is 16.0 Å². The molecule has 0 aromatic carbocycles. The van der Waals surface area contributed by atoms with Crippen LogP contribution in [0, 0.1) is 17.8 Å². The van der Waals surface area contributed by atoms with Gasteiger partial charge in [-0.25, -0.2) is 4.79 Å². The highest BCUT2D eigenvalue weighted by molar-refractivity contribution is 5.92. The van der Waals surface area contributed by atoms with Gasteiger partial charge in [0.1, 0.15) is 12.1 Å². The van der Waals surface area contributed by atoms with Gasteiger partial charge in [0.15, 0.2) is 0 Å². The number of rotatable bonds is 12. The monoisotopic (exact) mass is 400 g/mol. The smallest absolute Gasteiger partial charge is 0.326 e. The molecular formula is C19H36N4O5. The van der Waals surface area contributed by atoms with Gasteiger partial charge >= 0.3 is 5.97 Å². The fraction of sp³-hybridized carbons (Fsp3) is 0.789. The molecule has 6 N–H and O–H groups in total.